The van der Waals surface area contributed by atoms with Crippen molar-refractivity contribution in [2.24, 2.45) is 28.6 Å². The van der Waals surface area contributed by atoms with Crippen LogP contribution in [0.25, 0.3) is 0 Å². The molecule has 6 heteroatoms. The van der Waals surface area contributed by atoms with Crippen LogP contribution in [-0.2, 0) is 14.0 Å². The lowest BCUT2D eigenvalue weighted by Crippen LogP contribution is -2.71. The third-order valence-electron chi connectivity index (χ3n) is 12.2. The lowest BCUT2D eigenvalue weighted by molar-refractivity contribution is -0.134. The van der Waals surface area contributed by atoms with Crippen LogP contribution >= 0.6 is 0 Å². The first-order valence-electron chi connectivity index (χ1n) is 17.1. The second kappa shape index (κ2) is 13.1. The molecular weight excluding hydrogens is 589 g/mol. The van der Waals surface area contributed by atoms with Crippen molar-refractivity contribution in [1.29, 1.82) is 0 Å². The summed E-state index contributed by atoms with van der Waals surface area (Å²) < 4.78 is 7.83. The summed E-state index contributed by atoms with van der Waals surface area (Å²) in [5.41, 5.74) is 2.15. The van der Waals surface area contributed by atoms with E-state index in [1.807, 2.05) is 6.92 Å². The molecule has 0 heterocycles. The topological polar surface area (TPSA) is 83.8 Å². The summed E-state index contributed by atoms with van der Waals surface area (Å²) >= 11 is 0. The molecule has 2 N–H and O–H groups in total. The van der Waals surface area contributed by atoms with Gasteiger partial charge in [0.15, 0.2) is 5.78 Å². The fourth-order valence-electron chi connectivity index (χ4n) is 10.1. The number of ketones is 1. The molecule has 46 heavy (non-hydrogen) atoms. The number of benzene rings is 3. The van der Waals surface area contributed by atoms with E-state index in [9.17, 15) is 9.90 Å². The second-order valence-electron chi connectivity index (χ2n) is 14.3. The highest BCUT2D eigenvalue weighted by Gasteiger charge is 2.62. The van der Waals surface area contributed by atoms with Crippen LogP contribution in [0, 0.1) is 28.6 Å². The molecular formula is C40H48O5Si. The molecule has 5 nitrogen and oxygen atoms in total. The van der Waals surface area contributed by atoms with E-state index in [0.29, 0.717) is 30.0 Å². The van der Waals surface area contributed by atoms with Crippen molar-refractivity contribution < 1.29 is 24.2 Å². The number of aliphatic carboxylic acids is 1. The van der Waals surface area contributed by atoms with Crippen molar-refractivity contribution in [3.63, 3.8) is 0 Å². The number of rotatable bonds is 6. The van der Waals surface area contributed by atoms with Crippen LogP contribution in [0.4, 0.5) is 0 Å². The van der Waals surface area contributed by atoms with Crippen molar-refractivity contribution in [3.05, 3.63) is 102 Å². The lowest BCUT2D eigenvalue weighted by atomic mass is 9.46. The van der Waals surface area contributed by atoms with Gasteiger partial charge in [0.1, 0.15) is 0 Å². The van der Waals surface area contributed by atoms with Gasteiger partial charge in [-0.1, -0.05) is 103 Å². The number of aliphatic hydroxyl groups is 1. The number of fused-ring (bicyclic) bond motifs is 5. The van der Waals surface area contributed by atoms with Crippen molar-refractivity contribution >= 4 is 35.6 Å². The van der Waals surface area contributed by atoms with Crippen molar-refractivity contribution in [3.8, 4) is 0 Å². The van der Waals surface area contributed by atoms with E-state index in [4.69, 9.17) is 14.3 Å². The summed E-state index contributed by atoms with van der Waals surface area (Å²) in [6.07, 6.45) is 8.19. The molecule has 0 aromatic heterocycles. The number of hydrogen-bond donors (Lipinski definition) is 2. The molecule has 3 saturated carbocycles. The Kier molecular flexibility index (Phi) is 9.26. The predicted octanol–water partition coefficient (Wildman–Crippen LogP) is 6.02. The first-order valence-corrected chi connectivity index (χ1v) is 19.0. The zero-order chi connectivity index (χ0) is 32.5. The molecule has 4 aliphatic carbocycles. The molecule has 4 aliphatic rings. The van der Waals surface area contributed by atoms with Gasteiger partial charge in [0.2, 0.25) is 0 Å². The van der Waals surface area contributed by atoms with Crippen molar-refractivity contribution in [2.75, 3.05) is 6.61 Å². The van der Waals surface area contributed by atoms with E-state index in [1.165, 1.54) is 27.6 Å². The van der Waals surface area contributed by atoms with Crippen molar-refractivity contribution in [2.45, 2.75) is 78.2 Å². The number of carboxylic acids is 1. The molecule has 0 amide bonds. The van der Waals surface area contributed by atoms with E-state index < -0.39 is 14.3 Å². The van der Waals surface area contributed by atoms with Gasteiger partial charge in [0.05, 0.1) is 12.7 Å². The normalized spacial score (nSPS) is 30.4. The molecule has 0 radical (unpaired) electrons. The van der Waals surface area contributed by atoms with Gasteiger partial charge in [-0.15, -0.1) is 0 Å². The Morgan fingerprint density at radius 3 is 1.83 bits per heavy atom. The van der Waals surface area contributed by atoms with Crippen LogP contribution in [0.5, 0.6) is 0 Å². The number of hydrogen-bond acceptors (Lipinski definition) is 4. The SMILES string of the molecule is CC(=O)O.CC1=C2CC[C@@H]3[C@H](CC[C@]4(C)[C@@H](O[Si](c5ccccc5)(c5ccccc5)c5ccccc5)CC[C@@H]34)[C@@]2(CO)CCC1=O. The van der Waals surface area contributed by atoms with Gasteiger partial charge >= 0.3 is 0 Å². The number of carbonyl (C=O) groups is 2. The lowest BCUT2D eigenvalue weighted by Gasteiger charge is -2.59. The van der Waals surface area contributed by atoms with Gasteiger partial charge in [0, 0.05) is 18.8 Å². The van der Waals surface area contributed by atoms with Gasteiger partial charge in [-0.2, -0.15) is 0 Å². The van der Waals surface area contributed by atoms with Gasteiger partial charge in [-0.3, -0.25) is 9.59 Å². The summed E-state index contributed by atoms with van der Waals surface area (Å²) in [6, 6.07) is 33.0. The van der Waals surface area contributed by atoms with E-state index in [-0.39, 0.29) is 23.5 Å². The molecule has 242 valence electrons. The molecule has 3 aromatic carbocycles. The van der Waals surface area contributed by atoms with Crippen LogP contribution in [0.15, 0.2) is 102 Å². The maximum atomic E-state index is 12.7. The van der Waals surface area contributed by atoms with E-state index in [2.05, 4.69) is 97.9 Å². The van der Waals surface area contributed by atoms with Gasteiger partial charge in [-0.05, 0) is 96.2 Å². The highest BCUT2D eigenvalue weighted by molar-refractivity contribution is 7.07. The molecule has 0 bridgehead atoms. The second-order valence-corrected chi connectivity index (χ2v) is 17.6. The molecule has 0 saturated heterocycles. The standard InChI is InChI=1S/C38H44O3Si.C2H4O2/c1-27-32-19-18-31-33-20-21-36(37(33,2)24-22-34(31)38(32,26-39)25-23-35(27)40)41-42(28-12-6-3-7-13-28,29-14-8-4-9-15-29)30-16-10-5-11-17-30;1-2(3)4/h3-17,31,33-34,36,39H,18-26H2,1-2H3;1H3,(H,3,4)/t31-,33-,34-,36-,37-,38+;/m0./s1. The largest absolute Gasteiger partial charge is 0.481 e. The number of Topliss-reactive ketones (excluding diaryl/α,β-unsaturated/α-hetero) is 1. The molecule has 7 rings (SSSR count). The van der Waals surface area contributed by atoms with Crippen molar-refractivity contribution in [1.82, 2.24) is 0 Å². The van der Waals surface area contributed by atoms with E-state index in [1.54, 1.807) is 0 Å². The highest BCUT2D eigenvalue weighted by Crippen LogP contribution is 2.66. The third kappa shape index (κ3) is 5.42. The molecule has 0 aliphatic heterocycles. The Bertz CT molecular complexity index is 1470. The quantitative estimate of drug-likeness (QED) is 0.255. The fourth-order valence-corrected chi connectivity index (χ4v) is 14.3. The molecule has 6 atom stereocenters. The van der Waals surface area contributed by atoms with Gasteiger partial charge in [0.25, 0.3) is 14.3 Å². The zero-order valence-electron chi connectivity index (χ0n) is 27.5. The number of carbonyl (C=O) groups excluding carboxylic acids is 1. The summed E-state index contributed by atoms with van der Waals surface area (Å²) in [5.74, 6) is 1.09. The van der Waals surface area contributed by atoms with Crippen LogP contribution in [0.3, 0.4) is 0 Å². The van der Waals surface area contributed by atoms with Crippen LogP contribution < -0.4 is 15.6 Å². The number of aliphatic hydroxyl groups excluding tert-OH is 1. The van der Waals surface area contributed by atoms with E-state index in [0.717, 1.165) is 51.0 Å². The Morgan fingerprint density at radius 1 is 0.804 bits per heavy atom. The Hall–Kier alpha value is -3.32. The Morgan fingerprint density at radius 2 is 1.33 bits per heavy atom. The molecule has 3 aromatic rings. The van der Waals surface area contributed by atoms with Crippen LogP contribution in [0.1, 0.15) is 72.1 Å². The smallest absolute Gasteiger partial charge is 0.300 e. The first-order chi connectivity index (χ1) is 22.2. The minimum absolute atomic E-state index is 0.0924. The highest BCUT2D eigenvalue weighted by atomic mass is 28.4. The summed E-state index contributed by atoms with van der Waals surface area (Å²) in [5, 5.41) is 22.3. The maximum Gasteiger partial charge on any atom is 0.300 e. The monoisotopic (exact) mass is 636 g/mol. The minimum atomic E-state index is -2.81. The van der Waals surface area contributed by atoms with Crippen LogP contribution in [0.2, 0.25) is 0 Å². The van der Waals surface area contributed by atoms with Gasteiger partial charge < -0.3 is 14.6 Å². The molecule has 0 spiro atoms. The average Bonchev–Trinajstić information content (AvgIpc) is 3.41. The Balaban J connectivity index is 0.000000879. The van der Waals surface area contributed by atoms with E-state index >= 15 is 0 Å². The third-order valence-corrected chi connectivity index (χ3v) is 16.3. The zero-order valence-corrected chi connectivity index (χ0v) is 28.5. The average molecular weight is 637 g/mol. The molecule has 0 unspecified atom stereocenters. The maximum absolute atomic E-state index is 12.7. The Labute approximate surface area is 274 Å². The summed E-state index contributed by atoms with van der Waals surface area (Å²) in [6.45, 7) is 5.82. The molecule has 3 fully saturated rings. The number of carboxylic acid groups (broad SMARTS) is 1. The summed E-state index contributed by atoms with van der Waals surface area (Å²) in [7, 11) is -2.81. The van der Waals surface area contributed by atoms with Crippen LogP contribution in [-0.4, -0.2) is 43.0 Å². The first kappa shape index (κ1) is 32.6. The fraction of sp³-hybridized carbons (Fsp3) is 0.450. The summed E-state index contributed by atoms with van der Waals surface area (Å²) in [4.78, 5) is 21.7. The minimum Gasteiger partial charge on any atom is -0.481 e. The van der Waals surface area contributed by atoms with Gasteiger partial charge in [-0.25, -0.2) is 0 Å². The predicted molar refractivity (Wildman–Crippen MR) is 185 cm³/mol.